The van der Waals surface area contributed by atoms with Gasteiger partial charge in [0.05, 0.1) is 17.4 Å². The highest BCUT2D eigenvalue weighted by Crippen LogP contribution is 2.13. The summed E-state index contributed by atoms with van der Waals surface area (Å²) < 4.78 is 26.1. The third kappa shape index (κ3) is 3.53. The van der Waals surface area contributed by atoms with Crippen LogP contribution in [0.1, 0.15) is 11.1 Å². The van der Waals surface area contributed by atoms with Gasteiger partial charge in [0.15, 0.2) is 0 Å². The molecule has 0 bridgehead atoms. The Balaban J connectivity index is 2.06. The number of piperazine rings is 1. The maximum Gasteiger partial charge on any atom is 0.218 e. The second-order valence-electron chi connectivity index (χ2n) is 4.77. The molecule has 0 atom stereocenters. The molecule has 0 N–H and O–H groups in total. The Morgan fingerprint density at radius 1 is 1.16 bits per heavy atom. The molecule has 1 saturated heterocycles. The minimum atomic E-state index is -3.26. The first-order valence-corrected chi connectivity index (χ1v) is 7.77. The molecule has 1 aliphatic heterocycles. The number of benzene rings is 1. The second kappa shape index (κ2) is 5.70. The van der Waals surface area contributed by atoms with Crippen LogP contribution in [0, 0.1) is 11.3 Å². The van der Waals surface area contributed by atoms with Gasteiger partial charge < -0.3 is 4.90 Å². The fourth-order valence-electron chi connectivity index (χ4n) is 2.04. The highest BCUT2D eigenvalue weighted by Gasteiger charge is 2.25. The molecular weight excluding hydrogens is 262 g/mol. The summed E-state index contributed by atoms with van der Waals surface area (Å²) >= 11 is 0. The van der Waals surface area contributed by atoms with Gasteiger partial charge in [0, 0.05) is 26.2 Å². The highest BCUT2D eigenvalue weighted by molar-refractivity contribution is 7.88. The Morgan fingerprint density at radius 3 is 2.26 bits per heavy atom. The molecule has 1 aromatic carbocycles. The van der Waals surface area contributed by atoms with Gasteiger partial charge in [-0.3, -0.25) is 0 Å². The van der Waals surface area contributed by atoms with E-state index in [1.807, 2.05) is 13.1 Å². The second-order valence-corrected chi connectivity index (χ2v) is 6.74. The van der Waals surface area contributed by atoms with Gasteiger partial charge >= 0.3 is 0 Å². The first-order chi connectivity index (χ1) is 9.01. The van der Waals surface area contributed by atoms with Crippen molar-refractivity contribution in [3.8, 4) is 6.07 Å². The van der Waals surface area contributed by atoms with Gasteiger partial charge in [0.25, 0.3) is 0 Å². The van der Waals surface area contributed by atoms with Crippen LogP contribution in [0.4, 0.5) is 0 Å². The normalized spacial score (nSPS) is 18.1. The molecule has 19 heavy (non-hydrogen) atoms. The number of hydrogen-bond donors (Lipinski definition) is 0. The summed E-state index contributed by atoms with van der Waals surface area (Å²) in [6.45, 7) is 2.64. The van der Waals surface area contributed by atoms with Crippen LogP contribution in [-0.2, 0) is 15.8 Å². The quantitative estimate of drug-likeness (QED) is 0.814. The average molecular weight is 279 g/mol. The summed E-state index contributed by atoms with van der Waals surface area (Å²) in [4.78, 5) is 2.12. The molecule has 1 aromatic rings. The molecule has 5 nitrogen and oxygen atoms in total. The largest absolute Gasteiger partial charge is 0.304 e. The fourth-order valence-corrected chi connectivity index (χ4v) is 3.56. The first kappa shape index (κ1) is 14.0. The zero-order chi connectivity index (χ0) is 13.9. The Morgan fingerprint density at radius 2 is 1.74 bits per heavy atom. The molecule has 1 fully saturated rings. The zero-order valence-electron chi connectivity index (χ0n) is 10.9. The molecule has 0 unspecified atom stereocenters. The summed E-state index contributed by atoms with van der Waals surface area (Å²) in [5.41, 5.74) is 1.26. The van der Waals surface area contributed by atoms with Crippen molar-refractivity contribution in [2.75, 3.05) is 33.2 Å². The van der Waals surface area contributed by atoms with Gasteiger partial charge in [-0.05, 0) is 24.7 Å². The lowest BCUT2D eigenvalue weighted by Gasteiger charge is -2.31. The Labute approximate surface area is 114 Å². The molecule has 0 radical (unpaired) electrons. The minimum Gasteiger partial charge on any atom is -0.304 e. The van der Waals surface area contributed by atoms with Crippen molar-refractivity contribution in [1.82, 2.24) is 9.21 Å². The maximum absolute atomic E-state index is 12.3. The van der Waals surface area contributed by atoms with Crippen molar-refractivity contribution in [2.45, 2.75) is 5.75 Å². The SMILES string of the molecule is CN1CCN(S(=O)(=O)Cc2ccc(C#N)cc2)CC1. The van der Waals surface area contributed by atoms with Crippen LogP contribution >= 0.6 is 0 Å². The van der Waals surface area contributed by atoms with Crippen LogP contribution in [0.5, 0.6) is 0 Å². The van der Waals surface area contributed by atoms with Gasteiger partial charge in [-0.15, -0.1) is 0 Å². The lowest BCUT2D eigenvalue weighted by Crippen LogP contribution is -2.47. The zero-order valence-corrected chi connectivity index (χ0v) is 11.7. The number of hydrogen-bond acceptors (Lipinski definition) is 4. The molecule has 2 rings (SSSR count). The molecule has 1 heterocycles. The highest BCUT2D eigenvalue weighted by atomic mass is 32.2. The van der Waals surface area contributed by atoms with E-state index in [0.717, 1.165) is 18.7 Å². The minimum absolute atomic E-state index is 0.00240. The van der Waals surface area contributed by atoms with Crippen LogP contribution in [0.2, 0.25) is 0 Å². The molecule has 102 valence electrons. The summed E-state index contributed by atoms with van der Waals surface area (Å²) in [6.07, 6.45) is 0. The van der Waals surface area contributed by atoms with Crippen molar-refractivity contribution < 1.29 is 8.42 Å². The van der Waals surface area contributed by atoms with E-state index < -0.39 is 10.0 Å². The van der Waals surface area contributed by atoms with E-state index in [4.69, 9.17) is 5.26 Å². The topological polar surface area (TPSA) is 64.4 Å². The Kier molecular flexibility index (Phi) is 4.20. The van der Waals surface area contributed by atoms with Crippen molar-refractivity contribution in [3.05, 3.63) is 35.4 Å². The van der Waals surface area contributed by atoms with Gasteiger partial charge in [-0.25, -0.2) is 8.42 Å². The van der Waals surface area contributed by atoms with E-state index in [0.29, 0.717) is 18.7 Å². The Hall–Kier alpha value is -1.42. The summed E-state index contributed by atoms with van der Waals surface area (Å²) in [5, 5.41) is 8.71. The lowest BCUT2D eigenvalue weighted by molar-refractivity contribution is 0.222. The predicted molar refractivity (Wildman–Crippen MR) is 72.9 cm³/mol. The molecule has 1 aliphatic rings. The van der Waals surface area contributed by atoms with Gasteiger partial charge in [-0.2, -0.15) is 9.57 Å². The molecule has 6 heteroatoms. The van der Waals surface area contributed by atoms with Crippen LogP contribution in [-0.4, -0.2) is 50.8 Å². The van der Waals surface area contributed by atoms with Crippen LogP contribution in [0.25, 0.3) is 0 Å². The third-order valence-electron chi connectivity index (χ3n) is 3.29. The summed E-state index contributed by atoms with van der Waals surface area (Å²) in [6, 6.07) is 8.72. The third-order valence-corrected chi connectivity index (χ3v) is 5.14. The lowest BCUT2D eigenvalue weighted by atomic mass is 10.2. The molecule has 0 aliphatic carbocycles. The summed E-state index contributed by atoms with van der Waals surface area (Å²) in [7, 11) is -1.26. The van der Waals surface area contributed by atoms with Gasteiger partial charge in [0.1, 0.15) is 0 Å². The van der Waals surface area contributed by atoms with Crippen LogP contribution in [0.3, 0.4) is 0 Å². The number of sulfonamides is 1. The van der Waals surface area contributed by atoms with Crippen molar-refractivity contribution in [2.24, 2.45) is 0 Å². The van der Waals surface area contributed by atoms with E-state index in [1.165, 1.54) is 0 Å². The monoisotopic (exact) mass is 279 g/mol. The van der Waals surface area contributed by atoms with E-state index in [-0.39, 0.29) is 5.75 Å². The molecule has 0 saturated carbocycles. The van der Waals surface area contributed by atoms with Gasteiger partial charge in [0.2, 0.25) is 10.0 Å². The van der Waals surface area contributed by atoms with Gasteiger partial charge in [-0.1, -0.05) is 12.1 Å². The number of nitrogens with zero attached hydrogens (tertiary/aromatic N) is 3. The van der Waals surface area contributed by atoms with Crippen LogP contribution in [0.15, 0.2) is 24.3 Å². The molecular formula is C13H17N3O2S. The molecule has 0 amide bonds. The first-order valence-electron chi connectivity index (χ1n) is 6.17. The predicted octanol–water partition coefficient (Wildman–Crippen LogP) is 0.635. The van der Waals surface area contributed by atoms with E-state index >= 15 is 0 Å². The standard InChI is InChI=1S/C13H17N3O2S/c1-15-6-8-16(9-7-15)19(17,18)11-13-4-2-12(10-14)3-5-13/h2-5H,6-9,11H2,1H3. The van der Waals surface area contributed by atoms with Crippen molar-refractivity contribution >= 4 is 10.0 Å². The molecule has 0 aromatic heterocycles. The molecule has 0 spiro atoms. The summed E-state index contributed by atoms with van der Waals surface area (Å²) in [5.74, 6) is 0.00240. The fraction of sp³-hybridized carbons (Fsp3) is 0.462. The number of rotatable bonds is 3. The van der Waals surface area contributed by atoms with E-state index in [2.05, 4.69) is 4.90 Å². The van der Waals surface area contributed by atoms with Crippen molar-refractivity contribution in [3.63, 3.8) is 0 Å². The average Bonchev–Trinajstić information content (AvgIpc) is 2.40. The van der Waals surface area contributed by atoms with E-state index in [1.54, 1.807) is 28.6 Å². The smallest absolute Gasteiger partial charge is 0.218 e. The van der Waals surface area contributed by atoms with E-state index in [9.17, 15) is 8.42 Å². The Bertz CT molecular complexity index is 567. The van der Waals surface area contributed by atoms with Crippen molar-refractivity contribution in [1.29, 1.82) is 5.26 Å². The number of likely N-dealkylation sites (N-methyl/N-ethyl adjacent to an activating group) is 1. The number of nitriles is 1. The maximum atomic E-state index is 12.3. The van der Waals surface area contributed by atoms with Crippen LogP contribution < -0.4 is 0 Å².